The summed E-state index contributed by atoms with van der Waals surface area (Å²) in [7, 11) is 0. The topological polar surface area (TPSA) is 17.1 Å². The molecule has 0 aliphatic carbocycles. The van der Waals surface area contributed by atoms with Gasteiger partial charge in [0.05, 0.1) is 9.14 Å². The average molecular weight is 347 g/mol. The quantitative estimate of drug-likeness (QED) is 0.370. The van der Waals surface area contributed by atoms with Crippen molar-refractivity contribution in [2.24, 2.45) is 0 Å². The minimum atomic E-state index is 0.0878. The van der Waals surface area contributed by atoms with Gasteiger partial charge in [0.25, 0.3) is 0 Å². The average Bonchev–Trinajstić information content (AvgIpc) is 2.57. The normalized spacial score (nSPS) is 10.3. The summed E-state index contributed by atoms with van der Waals surface area (Å²) in [5.41, 5.74) is 1.96. The van der Waals surface area contributed by atoms with Gasteiger partial charge in [0.2, 0.25) is 5.78 Å². The van der Waals surface area contributed by atoms with Crippen LogP contribution in [0.25, 0.3) is 0 Å². The molecule has 0 unspecified atom stereocenters. The van der Waals surface area contributed by atoms with E-state index in [4.69, 9.17) is 0 Å². The number of carbonyl (C=O) groups excluding carboxylic acids is 1. The standard InChI is InChI=1S/C18H18OS3/c1-13-9-11-15(12-10-13)22-17(18(20-2)21-3)16(19)14-7-5-4-6-8-14/h4-12H,1-3H3. The molecule has 0 aliphatic heterocycles. The molecule has 2 rings (SSSR count). The molecule has 0 saturated heterocycles. The monoisotopic (exact) mass is 346 g/mol. The number of benzene rings is 2. The lowest BCUT2D eigenvalue weighted by atomic mass is 10.1. The number of rotatable bonds is 6. The predicted molar refractivity (Wildman–Crippen MR) is 102 cm³/mol. The fourth-order valence-corrected chi connectivity index (χ4v) is 4.67. The largest absolute Gasteiger partial charge is 0.288 e. The highest BCUT2D eigenvalue weighted by Gasteiger charge is 2.18. The van der Waals surface area contributed by atoms with Crippen molar-refractivity contribution in [3.05, 3.63) is 74.9 Å². The van der Waals surface area contributed by atoms with Crippen LogP contribution in [0.4, 0.5) is 0 Å². The Morgan fingerprint density at radius 1 is 0.864 bits per heavy atom. The molecule has 0 saturated carbocycles. The minimum Gasteiger partial charge on any atom is -0.288 e. The maximum atomic E-state index is 12.9. The van der Waals surface area contributed by atoms with Crippen molar-refractivity contribution in [2.45, 2.75) is 11.8 Å². The van der Waals surface area contributed by atoms with E-state index in [9.17, 15) is 4.79 Å². The summed E-state index contributed by atoms with van der Waals surface area (Å²) in [6.07, 6.45) is 4.03. The molecule has 1 nitrogen and oxygen atoms in total. The predicted octanol–water partition coefficient (Wildman–Crippen LogP) is 5.87. The van der Waals surface area contributed by atoms with Crippen LogP contribution in [0.15, 0.2) is 68.6 Å². The molecule has 0 fully saturated rings. The van der Waals surface area contributed by atoms with Crippen LogP contribution < -0.4 is 0 Å². The van der Waals surface area contributed by atoms with Crippen molar-refractivity contribution in [2.75, 3.05) is 12.5 Å². The van der Waals surface area contributed by atoms with Gasteiger partial charge in [0.1, 0.15) is 0 Å². The molecule has 0 heterocycles. The van der Waals surface area contributed by atoms with Gasteiger partial charge in [-0.15, -0.1) is 23.5 Å². The van der Waals surface area contributed by atoms with Gasteiger partial charge in [-0.25, -0.2) is 0 Å². The van der Waals surface area contributed by atoms with Crippen molar-refractivity contribution in [3.63, 3.8) is 0 Å². The number of allylic oxidation sites excluding steroid dienone is 1. The zero-order valence-electron chi connectivity index (χ0n) is 12.8. The highest BCUT2D eigenvalue weighted by molar-refractivity contribution is 8.22. The molecule has 0 spiro atoms. The minimum absolute atomic E-state index is 0.0878. The molecular formula is C18H18OS3. The number of Topliss-reactive ketones (excluding diaryl/α,β-unsaturated/α-hetero) is 1. The first kappa shape index (κ1) is 17.3. The Labute approximate surface area is 145 Å². The van der Waals surface area contributed by atoms with E-state index < -0.39 is 0 Å². The third-order valence-electron chi connectivity index (χ3n) is 3.04. The van der Waals surface area contributed by atoms with Gasteiger partial charge in [0, 0.05) is 10.5 Å². The van der Waals surface area contributed by atoms with Gasteiger partial charge in [-0.2, -0.15) is 0 Å². The number of carbonyl (C=O) groups is 1. The van der Waals surface area contributed by atoms with Crippen LogP contribution >= 0.6 is 35.3 Å². The van der Waals surface area contributed by atoms with E-state index in [1.54, 1.807) is 35.3 Å². The Bertz CT molecular complexity index is 654. The van der Waals surface area contributed by atoms with Crippen LogP contribution in [0.5, 0.6) is 0 Å². The van der Waals surface area contributed by atoms with E-state index in [0.717, 1.165) is 19.6 Å². The zero-order chi connectivity index (χ0) is 15.9. The van der Waals surface area contributed by atoms with Crippen LogP contribution in [-0.4, -0.2) is 18.3 Å². The first-order chi connectivity index (χ1) is 10.7. The summed E-state index contributed by atoms with van der Waals surface area (Å²) in [6.45, 7) is 2.07. The summed E-state index contributed by atoms with van der Waals surface area (Å²) < 4.78 is 1.06. The van der Waals surface area contributed by atoms with E-state index in [1.807, 2.05) is 42.8 Å². The fourth-order valence-electron chi connectivity index (χ4n) is 1.89. The third-order valence-corrected chi connectivity index (χ3v) is 6.55. The second-order valence-electron chi connectivity index (χ2n) is 4.64. The molecule has 2 aromatic rings. The summed E-state index contributed by atoms with van der Waals surface area (Å²) in [5, 5.41) is 0. The maximum Gasteiger partial charge on any atom is 0.201 e. The van der Waals surface area contributed by atoms with E-state index in [0.29, 0.717) is 0 Å². The number of ketones is 1. The Morgan fingerprint density at radius 3 is 2.00 bits per heavy atom. The van der Waals surface area contributed by atoms with Crippen LogP contribution in [-0.2, 0) is 0 Å². The smallest absolute Gasteiger partial charge is 0.201 e. The van der Waals surface area contributed by atoms with Crippen LogP contribution in [0.2, 0.25) is 0 Å². The van der Waals surface area contributed by atoms with Crippen molar-refractivity contribution < 1.29 is 4.79 Å². The van der Waals surface area contributed by atoms with Gasteiger partial charge in [-0.05, 0) is 31.6 Å². The number of hydrogen-bond acceptors (Lipinski definition) is 4. The summed E-state index contributed by atoms with van der Waals surface area (Å²) in [6, 6.07) is 17.8. The molecule has 2 aromatic carbocycles. The molecule has 0 atom stereocenters. The first-order valence-electron chi connectivity index (χ1n) is 6.82. The van der Waals surface area contributed by atoms with Gasteiger partial charge >= 0.3 is 0 Å². The van der Waals surface area contributed by atoms with Crippen molar-refractivity contribution in [1.82, 2.24) is 0 Å². The maximum absolute atomic E-state index is 12.9. The molecule has 0 amide bonds. The van der Waals surface area contributed by atoms with E-state index in [-0.39, 0.29) is 5.78 Å². The Kier molecular flexibility index (Phi) is 6.68. The molecule has 4 heteroatoms. The zero-order valence-corrected chi connectivity index (χ0v) is 15.3. The summed E-state index contributed by atoms with van der Waals surface area (Å²) in [4.78, 5) is 14.8. The summed E-state index contributed by atoms with van der Waals surface area (Å²) in [5.74, 6) is 0.0878. The lowest BCUT2D eigenvalue weighted by Crippen LogP contribution is -2.02. The number of thioether (sulfide) groups is 3. The molecular weight excluding hydrogens is 328 g/mol. The molecule has 0 aromatic heterocycles. The van der Waals surface area contributed by atoms with Crippen molar-refractivity contribution >= 4 is 41.1 Å². The highest BCUT2D eigenvalue weighted by Crippen LogP contribution is 2.39. The van der Waals surface area contributed by atoms with Crippen LogP contribution in [0.1, 0.15) is 15.9 Å². The van der Waals surface area contributed by atoms with Crippen molar-refractivity contribution in [1.29, 1.82) is 0 Å². The highest BCUT2D eigenvalue weighted by atomic mass is 32.2. The third kappa shape index (κ3) is 4.45. The molecule has 0 radical (unpaired) electrons. The first-order valence-corrected chi connectivity index (χ1v) is 10.1. The number of aryl methyl sites for hydroxylation is 1. The van der Waals surface area contributed by atoms with Crippen LogP contribution in [0, 0.1) is 6.92 Å². The Hall–Kier alpha value is -1.10. The lowest BCUT2D eigenvalue weighted by molar-refractivity contribution is 0.104. The second-order valence-corrected chi connectivity index (χ2v) is 7.61. The lowest BCUT2D eigenvalue weighted by Gasteiger charge is -2.11. The van der Waals surface area contributed by atoms with E-state index >= 15 is 0 Å². The molecule has 0 bridgehead atoms. The Balaban J connectivity index is 2.37. The summed E-state index contributed by atoms with van der Waals surface area (Å²) >= 11 is 4.79. The van der Waals surface area contributed by atoms with E-state index in [1.165, 1.54) is 5.56 Å². The molecule has 22 heavy (non-hydrogen) atoms. The van der Waals surface area contributed by atoms with Crippen LogP contribution in [0.3, 0.4) is 0 Å². The molecule has 0 N–H and O–H groups in total. The Morgan fingerprint density at radius 2 is 1.45 bits per heavy atom. The fraction of sp³-hybridized carbons (Fsp3) is 0.167. The van der Waals surface area contributed by atoms with Crippen molar-refractivity contribution in [3.8, 4) is 0 Å². The SMILES string of the molecule is CSC(SC)=C(Sc1ccc(C)cc1)C(=O)c1ccccc1. The van der Waals surface area contributed by atoms with Gasteiger partial charge in [0.15, 0.2) is 0 Å². The molecule has 0 aliphatic rings. The number of hydrogen-bond donors (Lipinski definition) is 0. The van der Waals surface area contributed by atoms with Gasteiger partial charge < -0.3 is 0 Å². The molecule has 114 valence electrons. The second kappa shape index (κ2) is 8.51. The van der Waals surface area contributed by atoms with Gasteiger partial charge in [-0.3, -0.25) is 4.79 Å². The van der Waals surface area contributed by atoms with Gasteiger partial charge in [-0.1, -0.05) is 59.8 Å². The van der Waals surface area contributed by atoms with E-state index in [2.05, 4.69) is 31.2 Å².